The van der Waals surface area contributed by atoms with E-state index in [1.807, 2.05) is 0 Å². The van der Waals surface area contributed by atoms with Crippen LogP contribution in [0.2, 0.25) is 0 Å². The second kappa shape index (κ2) is 13.6. The Morgan fingerprint density at radius 3 is 2.45 bits per heavy atom. The molecule has 2 aliphatic heterocycles. The highest BCUT2D eigenvalue weighted by atomic mass is 32.2. The van der Waals surface area contributed by atoms with Gasteiger partial charge in [-0.05, 0) is 68.0 Å². The van der Waals surface area contributed by atoms with Gasteiger partial charge in [-0.25, -0.2) is 0 Å². The van der Waals surface area contributed by atoms with E-state index in [1.54, 1.807) is 0 Å². The Balaban J connectivity index is 1.14. The predicted octanol–water partition coefficient (Wildman–Crippen LogP) is 7.14. The van der Waals surface area contributed by atoms with E-state index in [2.05, 4.69) is 47.9 Å². The number of likely N-dealkylation sites (tertiary alicyclic amines) is 1. The highest BCUT2D eigenvalue weighted by Gasteiger charge is 2.26. The molecule has 2 nitrogen and oxygen atoms in total. The van der Waals surface area contributed by atoms with Crippen molar-refractivity contribution in [3.63, 3.8) is 0 Å². The SMILES string of the molecule is CC1COc2ccccc2C1CCCCCCCCCSCCN1CCCCC1. The lowest BCUT2D eigenvalue weighted by atomic mass is 9.81. The second-order valence-electron chi connectivity index (χ2n) is 9.21. The van der Waals surface area contributed by atoms with E-state index in [-0.39, 0.29) is 0 Å². The Hall–Kier alpha value is -0.670. The zero-order valence-electron chi connectivity index (χ0n) is 18.7. The van der Waals surface area contributed by atoms with Crippen molar-refractivity contribution in [1.82, 2.24) is 4.90 Å². The lowest BCUT2D eigenvalue weighted by Crippen LogP contribution is -2.31. The van der Waals surface area contributed by atoms with Crippen LogP contribution in [0, 0.1) is 5.92 Å². The molecule has 164 valence electrons. The van der Waals surface area contributed by atoms with E-state index in [9.17, 15) is 0 Å². The van der Waals surface area contributed by atoms with Crippen molar-refractivity contribution < 1.29 is 4.74 Å². The molecule has 3 rings (SSSR count). The van der Waals surface area contributed by atoms with Crippen molar-refractivity contribution >= 4 is 11.8 Å². The molecule has 0 spiro atoms. The summed E-state index contributed by atoms with van der Waals surface area (Å²) in [6.07, 6.45) is 15.5. The summed E-state index contributed by atoms with van der Waals surface area (Å²) in [5.74, 6) is 5.19. The molecule has 29 heavy (non-hydrogen) atoms. The van der Waals surface area contributed by atoms with Gasteiger partial charge in [0.2, 0.25) is 0 Å². The zero-order chi connectivity index (χ0) is 20.2. The maximum Gasteiger partial charge on any atom is 0.122 e. The molecule has 2 heterocycles. The van der Waals surface area contributed by atoms with E-state index in [1.165, 1.54) is 107 Å². The first-order valence-corrected chi connectivity index (χ1v) is 13.5. The van der Waals surface area contributed by atoms with Crippen LogP contribution < -0.4 is 4.74 Å². The maximum absolute atomic E-state index is 5.90. The van der Waals surface area contributed by atoms with Gasteiger partial charge in [-0.3, -0.25) is 0 Å². The topological polar surface area (TPSA) is 12.5 Å². The molecule has 3 heteroatoms. The van der Waals surface area contributed by atoms with Crippen molar-refractivity contribution in [3.05, 3.63) is 29.8 Å². The second-order valence-corrected chi connectivity index (χ2v) is 10.4. The van der Waals surface area contributed by atoms with Crippen LogP contribution in [0.3, 0.4) is 0 Å². The minimum atomic E-state index is 0.650. The third kappa shape index (κ3) is 8.17. The number of para-hydroxylation sites is 1. The van der Waals surface area contributed by atoms with E-state index in [4.69, 9.17) is 4.74 Å². The van der Waals surface area contributed by atoms with Gasteiger partial charge >= 0.3 is 0 Å². The van der Waals surface area contributed by atoms with Crippen molar-refractivity contribution in [2.24, 2.45) is 5.92 Å². The summed E-state index contributed by atoms with van der Waals surface area (Å²) in [6.45, 7) is 7.25. The van der Waals surface area contributed by atoms with Crippen molar-refractivity contribution in [3.8, 4) is 5.75 Å². The number of ether oxygens (including phenoxy) is 1. The largest absolute Gasteiger partial charge is 0.493 e. The van der Waals surface area contributed by atoms with E-state index < -0.39 is 0 Å². The van der Waals surface area contributed by atoms with Gasteiger partial charge in [0.15, 0.2) is 0 Å². The number of piperidine rings is 1. The van der Waals surface area contributed by atoms with Crippen LogP contribution in [-0.4, -0.2) is 42.6 Å². The van der Waals surface area contributed by atoms with Gasteiger partial charge in [-0.15, -0.1) is 0 Å². The van der Waals surface area contributed by atoms with Crippen molar-refractivity contribution in [1.29, 1.82) is 0 Å². The highest BCUT2D eigenvalue weighted by molar-refractivity contribution is 7.99. The molecule has 1 aromatic rings. The van der Waals surface area contributed by atoms with E-state index >= 15 is 0 Å². The molecule has 0 saturated carbocycles. The molecule has 0 N–H and O–H groups in total. The van der Waals surface area contributed by atoms with Gasteiger partial charge in [-0.2, -0.15) is 11.8 Å². The third-order valence-electron chi connectivity index (χ3n) is 6.81. The number of hydrogen-bond donors (Lipinski definition) is 0. The van der Waals surface area contributed by atoms with Gasteiger partial charge in [0, 0.05) is 12.3 Å². The van der Waals surface area contributed by atoms with Gasteiger partial charge in [0.1, 0.15) is 5.75 Å². The highest BCUT2D eigenvalue weighted by Crippen LogP contribution is 2.39. The number of thioether (sulfide) groups is 1. The molecule has 0 aromatic heterocycles. The number of rotatable bonds is 13. The normalized spacial score (nSPS) is 22.2. The Labute approximate surface area is 184 Å². The van der Waals surface area contributed by atoms with Crippen molar-refractivity contribution in [2.45, 2.75) is 83.5 Å². The van der Waals surface area contributed by atoms with Crippen LogP contribution in [-0.2, 0) is 0 Å². The van der Waals surface area contributed by atoms with E-state index in [0.717, 1.165) is 12.4 Å². The zero-order valence-corrected chi connectivity index (χ0v) is 19.6. The first-order chi connectivity index (χ1) is 14.3. The number of fused-ring (bicyclic) bond motifs is 1. The molecule has 0 aliphatic carbocycles. The fraction of sp³-hybridized carbons (Fsp3) is 0.769. The van der Waals surface area contributed by atoms with Crippen molar-refractivity contribution in [2.75, 3.05) is 37.7 Å². The molecule has 0 radical (unpaired) electrons. The standard InChI is InChI=1S/C26H43NOS/c1-23-22-28-26-16-10-9-15-25(26)24(23)14-8-5-3-2-4-6-13-20-29-21-19-27-17-11-7-12-18-27/h9-10,15-16,23-24H,2-8,11-14,17-22H2,1H3. The summed E-state index contributed by atoms with van der Waals surface area (Å²) < 4.78 is 5.90. The fourth-order valence-corrected chi connectivity index (χ4v) is 5.93. The van der Waals surface area contributed by atoms with Gasteiger partial charge in [0.05, 0.1) is 6.61 Å². The van der Waals surface area contributed by atoms with Gasteiger partial charge in [-0.1, -0.05) is 70.1 Å². The van der Waals surface area contributed by atoms with Crippen LogP contribution in [0.4, 0.5) is 0 Å². The smallest absolute Gasteiger partial charge is 0.122 e. The molecule has 1 aromatic carbocycles. The Bertz CT molecular complexity index is 557. The Morgan fingerprint density at radius 2 is 1.62 bits per heavy atom. The van der Waals surface area contributed by atoms with Crippen LogP contribution in [0.1, 0.15) is 89.0 Å². The summed E-state index contributed by atoms with van der Waals surface area (Å²) in [4.78, 5) is 2.66. The maximum atomic E-state index is 5.90. The number of nitrogens with zero attached hydrogens (tertiary/aromatic N) is 1. The van der Waals surface area contributed by atoms with Gasteiger partial charge < -0.3 is 9.64 Å². The summed E-state index contributed by atoms with van der Waals surface area (Å²) in [5.41, 5.74) is 1.45. The summed E-state index contributed by atoms with van der Waals surface area (Å²) >= 11 is 2.18. The Kier molecular flexibility index (Phi) is 10.8. The monoisotopic (exact) mass is 417 g/mol. The Morgan fingerprint density at radius 1 is 0.897 bits per heavy atom. The number of benzene rings is 1. The lowest BCUT2D eigenvalue weighted by molar-refractivity contribution is 0.198. The van der Waals surface area contributed by atoms with Crippen LogP contribution >= 0.6 is 11.8 Å². The average molecular weight is 418 g/mol. The minimum absolute atomic E-state index is 0.650. The predicted molar refractivity (Wildman–Crippen MR) is 128 cm³/mol. The quantitative estimate of drug-likeness (QED) is 0.316. The molecule has 2 atom stereocenters. The molecule has 0 amide bonds. The molecule has 0 bridgehead atoms. The third-order valence-corrected chi connectivity index (χ3v) is 7.86. The first kappa shape index (κ1) is 23.0. The molecule has 1 fully saturated rings. The summed E-state index contributed by atoms with van der Waals surface area (Å²) in [5, 5.41) is 0. The first-order valence-electron chi connectivity index (χ1n) is 12.4. The molecule has 1 saturated heterocycles. The molecular formula is C26H43NOS. The van der Waals surface area contributed by atoms with Gasteiger partial charge in [0.25, 0.3) is 0 Å². The molecular weight excluding hydrogens is 374 g/mol. The fourth-order valence-electron chi connectivity index (χ4n) is 4.93. The minimum Gasteiger partial charge on any atom is -0.493 e. The summed E-state index contributed by atoms with van der Waals surface area (Å²) in [7, 11) is 0. The lowest BCUT2D eigenvalue weighted by Gasteiger charge is -2.31. The van der Waals surface area contributed by atoms with Crippen LogP contribution in [0.25, 0.3) is 0 Å². The van der Waals surface area contributed by atoms with E-state index in [0.29, 0.717) is 11.8 Å². The van der Waals surface area contributed by atoms with Crippen LogP contribution in [0.5, 0.6) is 5.75 Å². The number of hydrogen-bond acceptors (Lipinski definition) is 3. The van der Waals surface area contributed by atoms with Crippen LogP contribution in [0.15, 0.2) is 24.3 Å². The molecule has 2 aliphatic rings. The molecule has 2 unspecified atom stereocenters. The summed E-state index contributed by atoms with van der Waals surface area (Å²) in [6, 6.07) is 8.68. The average Bonchev–Trinajstić information content (AvgIpc) is 2.76. The number of unbranched alkanes of at least 4 members (excludes halogenated alkanes) is 6.